The van der Waals surface area contributed by atoms with Gasteiger partial charge in [0.25, 0.3) is 5.91 Å². The zero-order valence-corrected chi connectivity index (χ0v) is 17.7. The molecule has 10 heteroatoms. The number of carbonyl (C=O) groups is 1. The highest BCUT2D eigenvalue weighted by molar-refractivity contribution is 7.92. The molecule has 3 N–H and O–H groups in total. The van der Waals surface area contributed by atoms with Gasteiger partial charge < -0.3 is 15.8 Å². The zero-order valence-electron chi connectivity index (χ0n) is 16.9. The number of benzene rings is 1. The van der Waals surface area contributed by atoms with Crippen LogP contribution in [0.1, 0.15) is 41.4 Å². The molecule has 1 saturated carbocycles. The molecule has 0 radical (unpaired) electrons. The van der Waals surface area contributed by atoms with Gasteiger partial charge in [-0.1, -0.05) is 6.42 Å². The number of ether oxygens (including phenoxy) is 1. The van der Waals surface area contributed by atoms with Crippen molar-refractivity contribution in [2.45, 2.75) is 30.6 Å². The number of pyridine rings is 1. The van der Waals surface area contributed by atoms with Gasteiger partial charge in [0.15, 0.2) is 9.84 Å². The number of aliphatic imine (C=N–C) groups is 1. The van der Waals surface area contributed by atoms with Crippen molar-refractivity contribution in [3.05, 3.63) is 53.6 Å². The van der Waals surface area contributed by atoms with Gasteiger partial charge in [-0.05, 0) is 49.1 Å². The number of hydrogen-bond donors (Lipinski definition) is 2. The predicted octanol–water partition coefficient (Wildman–Crippen LogP) is 2.48. The van der Waals surface area contributed by atoms with Crippen LogP contribution in [0.4, 0.5) is 10.1 Å². The molecule has 1 amide bonds. The number of amidine groups is 1. The average molecular weight is 447 g/mol. The summed E-state index contributed by atoms with van der Waals surface area (Å²) < 4.78 is 45.3. The molecule has 2 aromatic rings. The maximum Gasteiger partial charge on any atom is 0.274 e. The minimum absolute atomic E-state index is 0.0119. The zero-order chi connectivity index (χ0) is 22.2. The Labute approximate surface area is 179 Å². The highest BCUT2D eigenvalue weighted by atomic mass is 32.2. The van der Waals surface area contributed by atoms with Crippen LogP contribution in [-0.4, -0.2) is 43.3 Å². The lowest BCUT2D eigenvalue weighted by Gasteiger charge is -2.36. The SMILES string of the molecule is COc1ccc(C(=O)Nc2ccc(F)c(C3CS(=O)(=O)C(C4CCC4)C(N)=N3)c2)nc1. The van der Waals surface area contributed by atoms with E-state index in [1.54, 1.807) is 6.07 Å². The quantitative estimate of drug-likeness (QED) is 0.727. The van der Waals surface area contributed by atoms with Gasteiger partial charge in [-0.2, -0.15) is 0 Å². The second-order valence-electron chi connectivity index (χ2n) is 7.78. The summed E-state index contributed by atoms with van der Waals surface area (Å²) in [4.78, 5) is 20.8. The van der Waals surface area contributed by atoms with E-state index in [1.807, 2.05) is 0 Å². The maximum atomic E-state index is 14.6. The predicted molar refractivity (Wildman–Crippen MR) is 114 cm³/mol. The number of sulfone groups is 1. The second-order valence-corrected chi connectivity index (χ2v) is 9.95. The summed E-state index contributed by atoms with van der Waals surface area (Å²) in [5.41, 5.74) is 6.54. The first-order chi connectivity index (χ1) is 14.8. The molecule has 1 aliphatic heterocycles. The van der Waals surface area contributed by atoms with Crippen molar-refractivity contribution < 1.29 is 22.3 Å². The fourth-order valence-electron chi connectivity index (χ4n) is 3.94. The fraction of sp³-hybridized carbons (Fsp3) is 0.381. The summed E-state index contributed by atoms with van der Waals surface area (Å²) >= 11 is 0. The van der Waals surface area contributed by atoms with E-state index >= 15 is 0 Å². The smallest absolute Gasteiger partial charge is 0.274 e. The van der Waals surface area contributed by atoms with Crippen LogP contribution in [0, 0.1) is 11.7 Å². The van der Waals surface area contributed by atoms with E-state index in [9.17, 15) is 17.6 Å². The van der Waals surface area contributed by atoms with E-state index in [4.69, 9.17) is 10.5 Å². The van der Waals surface area contributed by atoms with Gasteiger partial charge in [-0.15, -0.1) is 0 Å². The Morgan fingerprint density at radius 2 is 2.03 bits per heavy atom. The molecular formula is C21H23FN4O4S. The molecule has 1 aromatic heterocycles. The molecule has 1 aromatic carbocycles. The van der Waals surface area contributed by atoms with Crippen molar-refractivity contribution in [1.29, 1.82) is 0 Å². The molecule has 1 fully saturated rings. The number of rotatable bonds is 5. The van der Waals surface area contributed by atoms with E-state index in [0.29, 0.717) is 11.4 Å². The first-order valence-corrected chi connectivity index (χ1v) is 11.7. The lowest BCUT2D eigenvalue weighted by Crippen LogP contribution is -2.49. The van der Waals surface area contributed by atoms with Gasteiger partial charge in [-0.3, -0.25) is 9.79 Å². The monoisotopic (exact) mass is 446 g/mol. The average Bonchev–Trinajstić information content (AvgIpc) is 2.70. The third kappa shape index (κ3) is 4.25. The van der Waals surface area contributed by atoms with Crippen LogP contribution in [-0.2, 0) is 9.84 Å². The summed E-state index contributed by atoms with van der Waals surface area (Å²) in [5, 5.41) is 1.85. The highest BCUT2D eigenvalue weighted by Crippen LogP contribution is 2.38. The third-order valence-corrected chi connectivity index (χ3v) is 7.95. The first kappa shape index (κ1) is 21.2. The van der Waals surface area contributed by atoms with E-state index in [0.717, 1.165) is 19.3 Å². The molecule has 0 bridgehead atoms. The molecule has 164 valence electrons. The Balaban J connectivity index is 1.57. The minimum Gasteiger partial charge on any atom is -0.495 e. The van der Waals surface area contributed by atoms with E-state index in [-0.39, 0.29) is 28.8 Å². The van der Waals surface area contributed by atoms with Gasteiger partial charge in [0.05, 0.1) is 25.1 Å². The Morgan fingerprint density at radius 1 is 1.26 bits per heavy atom. The Bertz CT molecular complexity index is 1130. The van der Waals surface area contributed by atoms with E-state index in [1.165, 1.54) is 37.6 Å². The molecule has 8 nitrogen and oxygen atoms in total. The number of hydrogen-bond acceptors (Lipinski definition) is 7. The van der Waals surface area contributed by atoms with Gasteiger partial charge in [0, 0.05) is 11.3 Å². The molecule has 4 rings (SSSR count). The normalized spacial score (nSPS) is 22.8. The van der Waals surface area contributed by atoms with Crippen molar-refractivity contribution in [2.24, 2.45) is 16.6 Å². The molecule has 2 atom stereocenters. The molecule has 2 unspecified atom stereocenters. The molecule has 2 heterocycles. The molecule has 1 aliphatic carbocycles. The van der Waals surface area contributed by atoms with Gasteiger partial charge in [0.2, 0.25) is 0 Å². The molecule has 0 saturated heterocycles. The Morgan fingerprint density at radius 3 is 2.61 bits per heavy atom. The summed E-state index contributed by atoms with van der Waals surface area (Å²) in [5.74, 6) is -0.887. The number of halogens is 1. The number of nitrogens with two attached hydrogens (primary N) is 1. The molecule has 2 aliphatic rings. The van der Waals surface area contributed by atoms with Gasteiger partial charge in [-0.25, -0.2) is 17.8 Å². The standard InChI is InChI=1S/C21H23FN4O4S/c1-30-14-6-8-17(24-10-14)21(27)25-13-5-7-16(22)15(9-13)18-11-31(28,29)19(20(23)26-18)12-3-2-4-12/h5-10,12,18-19H,2-4,11H2,1H3,(H2,23,26)(H,25,27). The first-order valence-electron chi connectivity index (χ1n) is 9.94. The summed E-state index contributed by atoms with van der Waals surface area (Å²) in [6, 6.07) is 6.08. The van der Waals surface area contributed by atoms with Gasteiger partial charge in [0.1, 0.15) is 28.3 Å². The van der Waals surface area contributed by atoms with E-state index in [2.05, 4.69) is 15.3 Å². The number of carbonyl (C=O) groups excluding carboxylic acids is 1. The Kier molecular flexibility index (Phi) is 5.65. The topological polar surface area (TPSA) is 124 Å². The van der Waals surface area contributed by atoms with Crippen LogP contribution < -0.4 is 15.8 Å². The minimum atomic E-state index is -3.56. The van der Waals surface area contributed by atoms with Crippen LogP contribution >= 0.6 is 0 Å². The number of nitrogens with one attached hydrogen (secondary N) is 1. The van der Waals surface area contributed by atoms with Crippen LogP contribution in [0.3, 0.4) is 0 Å². The van der Waals surface area contributed by atoms with E-state index < -0.39 is 32.9 Å². The summed E-state index contributed by atoms with van der Waals surface area (Å²) in [6.07, 6.45) is 4.00. The third-order valence-electron chi connectivity index (χ3n) is 5.77. The number of anilines is 1. The van der Waals surface area contributed by atoms with Crippen LogP contribution in [0.15, 0.2) is 41.5 Å². The van der Waals surface area contributed by atoms with Crippen molar-refractivity contribution >= 4 is 27.3 Å². The number of amides is 1. The molecule has 31 heavy (non-hydrogen) atoms. The molecule has 0 spiro atoms. The number of methoxy groups -OCH3 is 1. The van der Waals surface area contributed by atoms with Crippen molar-refractivity contribution in [1.82, 2.24) is 4.98 Å². The van der Waals surface area contributed by atoms with Crippen molar-refractivity contribution in [3.63, 3.8) is 0 Å². The van der Waals surface area contributed by atoms with Crippen LogP contribution in [0.5, 0.6) is 5.75 Å². The number of aromatic nitrogens is 1. The Hall–Kier alpha value is -3.01. The van der Waals surface area contributed by atoms with Crippen molar-refractivity contribution in [2.75, 3.05) is 18.2 Å². The van der Waals surface area contributed by atoms with Crippen molar-refractivity contribution in [3.8, 4) is 5.75 Å². The largest absolute Gasteiger partial charge is 0.495 e. The molecular weight excluding hydrogens is 423 g/mol. The van der Waals surface area contributed by atoms with Crippen LogP contribution in [0.25, 0.3) is 0 Å². The van der Waals surface area contributed by atoms with Gasteiger partial charge >= 0.3 is 0 Å². The second kappa shape index (κ2) is 8.26. The fourth-order valence-corrected chi connectivity index (χ4v) is 6.13. The summed E-state index contributed by atoms with van der Waals surface area (Å²) in [7, 11) is -2.07. The summed E-state index contributed by atoms with van der Waals surface area (Å²) in [6.45, 7) is 0. The number of nitrogens with zero attached hydrogens (tertiary/aromatic N) is 2. The van der Waals surface area contributed by atoms with Crippen LogP contribution in [0.2, 0.25) is 0 Å². The lowest BCUT2D eigenvalue weighted by atomic mass is 9.82. The highest BCUT2D eigenvalue weighted by Gasteiger charge is 2.44. The lowest BCUT2D eigenvalue weighted by molar-refractivity contribution is 0.102. The maximum absolute atomic E-state index is 14.6.